The van der Waals surface area contributed by atoms with E-state index in [4.69, 9.17) is 4.74 Å². The molecule has 5 nitrogen and oxygen atoms in total. The van der Waals surface area contributed by atoms with E-state index in [-0.39, 0.29) is 24.4 Å². The Labute approximate surface area is 151 Å². The molecule has 0 aromatic heterocycles. The quantitative estimate of drug-likeness (QED) is 0.807. The Morgan fingerprint density at radius 3 is 2.87 bits per heavy atom. The second-order valence-corrected chi connectivity index (χ2v) is 6.65. The second kappa shape index (κ2) is 8.87. The van der Waals surface area contributed by atoms with Gasteiger partial charge >= 0.3 is 0 Å². The van der Waals surface area contributed by atoms with Crippen molar-refractivity contribution in [3.63, 3.8) is 0 Å². The molecule has 0 spiro atoms. The van der Waals surface area contributed by atoms with Gasteiger partial charge in [0.1, 0.15) is 0 Å². The van der Waals surface area contributed by atoms with Gasteiger partial charge in [-0.05, 0) is 37.1 Å². The molecule has 0 bridgehead atoms. The summed E-state index contributed by atoms with van der Waals surface area (Å²) in [5.41, 5.74) is 2.33. The lowest BCUT2D eigenvalue weighted by molar-refractivity contribution is -0.122. The molecule has 3 rings (SSSR count). The van der Waals surface area contributed by atoms with Gasteiger partial charge in [0.15, 0.2) is 0 Å². The summed E-state index contributed by atoms with van der Waals surface area (Å²) in [6, 6.07) is 6.21. The van der Waals surface area contributed by atoms with Crippen LogP contribution in [0.2, 0.25) is 0 Å². The van der Waals surface area contributed by atoms with Gasteiger partial charge < -0.3 is 20.3 Å². The van der Waals surface area contributed by atoms with Gasteiger partial charge in [-0.15, -0.1) is 12.4 Å². The van der Waals surface area contributed by atoms with E-state index in [0.29, 0.717) is 6.54 Å². The lowest BCUT2D eigenvalue weighted by Crippen LogP contribution is -2.41. The molecule has 1 unspecified atom stereocenters. The fraction of sp³-hybridized carbons (Fsp3) is 0.562. The van der Waals surface area contributed by atoms with Crippen LogP contribution in [0, 0.1) is 0 Å². The van der Waals surface area contributed by atoms with E-state index in [9.17, 15) is 4.79 Å². The highest BCUT2D eigenvalue weighted by atomic mass is 79.9. The SMILES string of the molecule is Cl.O=C(NCc1ccc(Br)cc1N1CCOCC1)C1CCCN1. The summed E-state index contributed by atoms with van der Waals surface area (Å²) in [7, 11) is 0. The smallest absolute Gasteiger partial charge is 0.237 e. The van der Waals surface area contributed by atoms with Crippen molar-refractivity contribution in [3.05, 3.63) is 28.2 Å². The van der Waals surface area contributed by atoms with Gasteiger partial charge in [-0.3, -0.25) is 4.79 Å². The van der Waals surface area contributed by atoms with Gasteiger partial charge in [-0.25, -0.2) is 0 Å². The first-order valence-corrected chi connectivity index (χ1v) is 8.65. The number of ether oxygens (including phenoxy) is 1. The largest absolute Gasteiger partial charge is 0.378 e. The Morgan fingerprint density at radius 2 is 2.17 bits per heavy atom. The first-order chi connectivity index (χ1) is 10.7. The predicted molar refractivity (Wildman–Crippen MR) is 97.3 cm³/mol. The maximum Gasteiger partial charge on any atom is 0.237 e. The van der Waals surface area contributed by atoms with Crippen LogP contribution >= 0.6 is 28.3 Å². The van der Waals surface area contributed by atoms with E-state index in [1.54, 1.807) is 0 Å². The molecule has 1 aromatic carbocycles. The van der Waals surface area contributed by atoms with Crippen molar-refractivity contribution in [1.82, 2.24) is 10.6 Å². The van der Waals surface area contributed by atoms with E-state index in [0.717, 1.165) is 55.7 Å². The number of halogens is 2. The number of carbonyl (C=O) groups excluding carboxylic acids is 1. The molecule has 2 heterocycles. The van der Waals surface area contributed by atoms with E-state index >= 15 is 0 Å². The Hall–Kier alpha value is -0.820. The van der Waals surface area contributed by atoms with Gasteiger partial charge in [-0.1, -0.05) is 22.0 Å². The van der Waals surface area contributed by atoms with Crippen molar-refractivity contribution in [3.8, 4) is 0 Å². The number of nitrogens with one attached hydrogen (secondary N) is 2. The molecule has 0 aliphatic carbocycles. The summed E-state index contributed by atoms with van der Waals surface area (Å²) in [5, 5.41) is 6.30. The third-order valence-corrected chi connectivity index (χ3v) is 4.72. The predicted octanol–water partition coefficient (Wildman–Crippen LogP) is 2.08. The average Bonchev–Trinajstić information content (AvgIpc) is 3.09. The molecule has 128 valence electrons. The van der Waals surface area contributed by atoms with Crippen molar-refractivity contribution in [2.24, 2.45) is 0 Å². The number of carbonyl (C=O) groups is 1. The highest BCUT2D eigenvalue weighted by Gasteiger charge is 2.22. The van der Waals surface area contributed by atoms with Crippen LogP contribution in [0.1, 0.15) is 18.4 Å². The summed E-state index contributed by atoms with van der Waals surface area (Å²) in [4.78, 5) is 14.5. The van der Waals surface area contributed by atoms with Gasteiger partial charge in [0.2, 0.25) is 5.91 Å². The third kappa shape index (κ3) is 4.83. The highest BCUT2D eigenvalue weighted by molar-refractivity contribution is 9.10. The van der Waals surface area contributed by atoms with Crippen LogP contribution in [0.3, 0.4) is 0 Å². The molecule has 23 heavy (non-hydrogen) atoms. The maximum atomic E-state index is 12.2. The minimum Gasteiger partial charge on any atom is -0.378 e. The molecule has 2 N–H and O–H groups in total. The van der Waals surface area contributed by atoms with Crippen LogP contribution in [-0.2, 0) is 16.1 Å². The lowest BCUT2D eigenvalue weighted by atomic mass is 10.1. The molecule has 1 atom stereocenters. The molecule has 0 saturated carbocycles. The molecule has 1 amide bonds. The van der Waals surface area contributed by atoms with E-state index < -0.39 is 0 Å². The number of amides is 1. The Bertz CT molecular complexity index is 532. The Morgan fingerprint density at radius 1 is 1.39 bits per heavy atom. The van der Waals surface area contributed by atoms with Gasteiger partial charge in [0.25, 0.3) is 0 Å². The normalized spacial score (nSPS) is 20.9. The topological polar surface area (TPSA) is 53.6 Å². The number of nitrogens with zero attached hydrogens (tertiary/aromatic N) is 1. The summed E-state index contributed by atoms with van der Waals surface area (Å²) in [6.07, 6.45) is 2.01. The van der Waals surface area contributed by atoms with Crippen LogP contribution in [0.25, 0.3) is 0 Å². The van der Waals surface area contributed by atoms with Gasteiger partial charge in [0.05, 0.1) is 19.3 Å². The fourth-order valence-corrected chi connectivity index (χ4v) is 3.35. The zero-order valence-corrected chi connectivity index (χ0v) is 15.4. The van der Waals surface area contributed by atoms with Crippen LogP contribution in [0.4, 0.5) is 5.69 Å². The molecule has 2 aliphatic rings. The number of hydrogen-bond acceptors (Lipinski definition) is 4. The van der Waals surface area contributed by atoms with Crippen molar-refractivity contribution in [2.45, 2.75) is 25.4 Å². The number of morpholine rings is 1. The maximum absolute atomic E-state index is 12.2. The van der Waals surface area contributed by atoms with Gasteiger partial charge in [0, 0.05) is 29.8 Å². The van der Waals surface area contributed by atoms with E-state index in [1.165, 1.54) is 5.69 Å². The Balaban J connectivity index is 0.00000192. The van der Waals surface area contributed by atoms with Crippen molar-refractivity contribution >= 4 is 39.9 Å². The van der Waals surface area contributed by atoms with Crippen LogP contribution < -0.4 is 15.5 Å². The van der Waals surface area contributed by atoms with Crippen molar-refractivity contribution in [2.75, 3.05) is 37.7 Å². The van der Waals surface area contributed by atoms with Crippen LogP contribution in [-0.4, -0.2) is 44.8 Å². The minimum absolute atomic E-state index is 0. The van der Waals surface area contributed by atoms with E-state index in [1.807, 2.05) is 6.07 Å². The standard InChI is InChI=1S/C16H22BrN3O2.ClH/c17-13-4-3-12(11-19-16(21)14-2-1-5-18-14)15(10-13)20-6-8-22-9-7-20;/h3-4,10,14,18H,1-2,5-9,11H2,(H,19,21);1H. The third-order valence-electron chi connectivity index (χ3n) is 4.23. The zero-order chi connectivity index (χ0) is 15.4. The first-order valence-electron chi connectivity index (χ1n) is 7.86. The molecular formula is C16H23BrClN3O2. The number of anilines is 1. The minimum atomic E-state index is -0.0257. The summed E-state index contributed by atoms with van der Waals surface area (Å²) < 4.78 is 6.48. The average molecular weight is 405 g/mol. The summed E-state index contributed by atoms with van der Waals surface area (Å²) in [6.45, 7) is 4.80. The zero-order valence-electron chi connectivity index (χ0n) is 13.0. The number of rotatable bonds is 4. The van der Waals surface area contributed by atoms with Crippen molar-refractivity contribution < 1.29 is 9.53 Å². The molecular weight excluding hydrogens is 382 g/mol. The van der Waals surface area contributed by atoms with Crippen LogP contribution in [0.15, 0.2) is 22.7 Å². The van der Waals surface area contributed by atoms with E-state index in [2.05, 4.69) is 43.6 Å². The molecule has 2 saturated heterocycles. The number of benzene rings is 1. The lowest BCUT2D eigenvalue weighted by Gasteiger charge is -2.31. The molecule has 1 aromatic rings. The molecule has 0 radical (unpaired) electrons. The van der Waals surface area contributed by atoms with Gasteiger partial charge in [-0.2, -0.15) is 0 Å². The molecule has 2 aliphatic heterocycles. The second-order valence-electron chi connectivity index (χ2n) is 5.74. The molecule has 2 fully saturated rings. The molecule has 7 heteroatoms. The van der Waals surface area contributed by atoms with Crippen molar-refractivity contribution in [1.29, 1.82) is 0 Å². The fourth-order valence-electron chi connectivity index (χ4n) is 3.00. The summed E-state index contributed by atoms with van der Waals surface area (Å²) in [5.74, 6) is 0.105. The number of hydrogen-bond donors (Lipinski definition) is 2. The highest BCUT2D eigenvalue weighted by Crippen LogP contribution is 2.26. The summed E-state index contributed by atoms with van der Waals surface area (Å²) >= 11 is 3.54. The first kappa shape index (κ1) is 18.5. The monoisotopic (exact) mass is 403 g/mol. The van der Waals surface area contributed by atoms with Crippen LogP contribution in [0.5, 0.6) is 0 Å². The Kier molecular flexibility index (Phi) is 7.14.